The highest BCUT2D eigenvalue weighted by Crippen LogP contribution is 2.39. The predicted molar refractivity (Wildman–Crippen MR) is 88.6 cm³/mol. The molecule has 1 nitrogen and oxygen atoms in total. The minimum Gasteiger partial charge on any atom is -0.312 e. The van der Waals surface area contributed by atoms with Gasteiger partial charge < -0.3 is 5.32 Å². The minimum atomic E-state index is 0.616. The topological polar surface area (TPSA) is 12.0 Å². The maximum atomic E-state index is 3.65. The number of aryl methyl sites for hydroxylation is 2. The summed E-state index contributed by atoms with van der Waals surface area (Å²) in [5.41, 5.74) is 1.68. The molecule has 3 rings (SSSR count). The van der Waals surface area contributed by atoms with Crippen molar-refractivity contribution in [1.29, 1.82) is 0 Å². The Morgan fingerprint density at radius 3 is 2.45 bits per heavy atom. The Labute approximate surface area is 128 Å². The summed E-state index contributed by atoms with van der Waals surface area (Å²) >= 11 is 2.12. The molecule has 1 aromatic rings. The lowest BCUT2D eigenvalue weighted by molar-refractivity contribution is 0.345. The van der Waals surface area contributed by atoms with Crippen molar-refractivity contribution >= 4 is 11.3 Å². The summed E-state index contributed by atoms with van der Waals surface area (Å²) in [7, 11) is 2.17. The fraction of sp³-hybridized carbons (Fsp3) is 0.778. The second-order valence-corrected chi connectivity index (χ2v) is 7.84. The Morgan fingerprint density at radius 2 is 1.70 bits per heavy atom. The van der Waals surface area contributed by atoms with Crippen LogP contribution in [0.3, 0.4) is 0 Å². The van der Waals surface area contributed by atoms with Crippen LogP contribution < -0.4 is 5.32 Å². The van der Waals surface area contributed by atoms with Crippen LogP contribution in [0.15, 0.2) is 6.07 Å². The Hall–Kier alpha value is -0.340. The van der Waals surface area contributed by atoms with Crippen LogP contribution in [0, 0.1) is 5.92 Å². The summed E-state index contributed by atoms with van der Waals surface area (Å²) in [5, 5.41) is 3.65. The highest BCUT2D eigenvalue weighted by atomic mass is 32.1. The van der Waals surface area contributed by atoms with Crippen molar-refractivity contribution in [2.24, 2.45) is 5.92 Å². The van der Waals surface area contributed by atoms with Crippen LogP contribution in [0.2, 0.25) is 0 Å². The van der Waals surface area contributed by atoms with Crippen molar-refractivity contribution in [3.63, 3.8) is 0 Å². The largest absolute Gasteiger partial charge is 0.312 e. The van der Waals surface area contributed by atoms with E-state index in [2.05, 4.69) is 29.8 Å². The van der Waals surface area contributed by atoms with Gasteiger partial charge in [-0.25, -0.2) is 0 Å². The normalized spacial score (nSPS) is 22.9. The molecule has 112 valence electrons. The van der Waals surface area contributed by atoms with Gasteiger partial charge in [0.25, 0.3) is 0 Å². The third-order valence-electron chi connectivity index (χ3n) is 5.25. The summed E-state index contributed by atoms with van der Waals surface area (Å²) in [6.07, 6.45) is 15.5. The molecule has 1 aromatic heterocycles. The average molecular weight is 292 g/mol. The molecule has 1 heterocycles. The Bertz CT molecular complexity index is 392. The molecule has 0 saturated heterocycles. The van der Waals surface area contributed by atoms with Crippen LogP contribution in [-0.4, -0.2) is 7.05 Å². The fourth-order valence-electron chi connectivity index (χ4n) is 4.10. The van der Waals surface area contributed by atoms with Gasteiger partial charge in [-0.2, -0.15) is 0 Å². The van der Waals surface area contributed by atoms with Gasteiger partial charge in [-0.3, -0.25) is 0 Å². The van der Waals surface area contributed by atoms with Gasteiger partial charge in [0.05, 0.1) is 0 Å². The van der Waals surface area contributed by atoms with Crippen LogP contribution in [-0.2, 0) is 12.8 Å². The predicted octanol–water partition coefficient (Wildman–Crippen LogP) is 5.25. The van der Waals surface area contributed by atoms with Crippen molar-refractivity contribution in [2.45, 2.75) is 76.7 Å². The first-order valence-electron chi connectivity index (χ1n) is 8.67. The molecular formula is C18H29NS. The van der Waals surface area contributed by atoms with Crippen LogP contribution in [0.1, 0.15) is 79.1 Å². The van der Waals surface area contributed by atoms with Gasteiger partial charge in [0.15, 0.2) is 0 Å². The zero-order chi connectivity index (χ0) is 13.8. The lowest BCUT2D eigenvalue weighted by Gasteiger charge is -2.25. The molecule has 1 saturated carbocycles. The third-order valence-corrected chi connectivity index (χ3v) is 6.57. The van der Waals surface area contributed by atoms with Crippen LogP contribution in [0.25, 0.3) is 0 Å². The molecule has 0 aromatic carbocycles. The quantitative estimate of drug-likeness (QED) is 0.592. The highest BCUT2D eigenvalue weighted by Gasteiger charge is 2.25. The first-order chi connectivity index (χ1) is 9.88. The lowest BCUT2D eigenvalue weighted by Crippen LogP contribution is -2.24. The van der Waals surface area contributed by atoms with Gasteiger partial charge in [-0.1, -0.05) is 32.1 Å². The summed E-state index contributed by atoms with van der Waals surface area (Å²) < 4.78 is 0. The lowest BCUT2D eigenvalue weighted by atomic mass is 9.90. The molecule has 0 aliphatic heterocycles. The number of thiophene rings is 1. The fourth-order valence-corrected chi connectivity index (χ4v) is 5.56. The number of nitrogens with one attached hydrogen (secondary N) is 1. The summed E-state index contributed by atoms with van der Waals surface area (Å²) in [6, 6.07) is 3.17. The molecule has 0 spiro atoms. The molecule has 1 N–H and O–H groups in total. The molecule has 1 unspecified atom stereocenters. The molecule has 2 aliphatic carbocycles. The van der Waals surface area contributed by atoms with E-state index in [4.69, 9.17) is 0 Å². The maximum Gasteiger partial charge on any atom is 0.0441 e. The summed E-state index contributed by atoms with van der Waals surface area (Å²) in [6.45, 7) is 0. The third kappa shape index (κ3) is 3.28. The summed E-state index contributed by atoms with van der Waals surface area (Å²) in [4.78, 5) is 3.33. The molecule has 1 atom stereocenters. The first kappa shape index (κ1) is 14.6. The zero-order valence-corrected chi connectivity index (χ0v) is 13.7. The van der Waals surface area contributed by atoms with Crippen molar-refractivity contribution < 1.29 is 0 Å². The standard InChI is InChI=1S/C18H29NS/c1-19-18(14-9-5-2-3-6-10-14)17-13-15-11-7-4-8-12-16(15)20-17/h13-14,18-19H,2-12H2,1H3. The van der Waals surface area contributed by atoms with E-state index in [-0.39, 0.29) is 0 Å². The molecule has 0 radical (unpaired) electrons. The molecule has 2 heteroatoms. The number of fused-ring (bicyclic) bond motifs is 1. The van der Waals surface area contributed by atoms with E-state index in [1.807, 2.05) is 0 Å². The molecule has 2 aliphatic rings. The molecule has 0 bridgehead atoms. The van der Waals surface area contributed by atoms with E-state index in [1.54, 1.807) is 15.3 Å². The Balaban J connectivity index is 1.78. The number of rotatable bonds is 3. The Morgan fingerprint density at radius 1 is 1.00 bits per heavy atom. The Kier molecular flexibility index (Phi) is 5.17. The second kappa shape index (κ2) is 7.09. The average Bonchev–Trinajstić information content (AvgIpc) is 2.66. The van der Waals surface area contributed by atoms with Crippen molar-refractivity contribution in [3.05, 3.63) is 21.4 Å². The molecule has 1 fully saturated rings. The van der Waals surface area contributed by atoms with Crippen molar-refractivity contribution in [2.75, 3.05) is 7.05 Å². The van der Waals surface area contributed by atoms with Gasteiger partial charge in [0.1, 0.15) is 0 Å². The van der Waals surface area contributed by atoms with E-state index in [0.717, 1.165) is 5.92 Å². The van der Waals surface area contributed by atoms with Gasteiger partial charge >= 0.3 is 0 Å². The maximum absolute atomic E-state index is 3.65. The highest BCUT2D eigenvalue weighted by molar-refractivity contribution is 7.12. The van der Waals surface area contributed by atoms with Gasteiger partial charge in [0.2, 0.25) is 0 Å². The monoisotopic (exact) mass is 291 g/mol. The van der Waals surface area contributed by atoms with Crippen molar-refractivity contribution in [1.82, 2.24) is 5.32 Å². The van der Waals surface area contributed by atoms with E-state index in [9.17, 15) is 0 Å². The van der Waals surface area contributed by atoms with E-state index in [0.29, 0.717) is 6.04 Å². The zero-order valence-electron chi connectivity index (χ0n) is 12.9. The van der Waals surface area contributed by atoms with E-state index < -0.39 is 0 Å². The first-order valence-corrected chi connectivity index (χ1v) is 9.49. The smallest absolute Gasteiger partial charge is 0.0441 e. The van der Waals surface area contributed by atoms with E-state index in [1.165, 1.54) is 70.6 Å². The second-order valence-electron chi connectivity index (χ2n) is 6.68. The summed E-state index contributed by atoms with van der Waals surface area (Å²) in [5.74, 6) is 0.866. The van der Waals surface area contributed by atoms with Crippen LogP contribution >= 0.6 is 11.3 Å². The minimum absolute atomic E-state index is 0.616. The van der Waals surface area contributed by atoms with Gasteiger partial charge in [-0.05, 0) is 63.1 Å². The SMILES string of the molecule is CNC(c1cc2c(s1)CCCCC2)C1CCCCCC1. The number of hydrogen-bond donors (Lipinski definition) is 1. The van der Waals surface area contributed by atoms with Crippen LogP contribution in [0.5, 0.6) is 0 Å². The van der Waals surface area contributed by atoms with Gasteiger partial charge in [0, 0.05) is 15.8 Å². The molecule has 20 heavy (non-hydrogen) atoms. The number of hydrogen-bond acceptors (Lipinski definition) is 2. The molecule has 0 amide bonds. The van der Waals surface area contributed by atoms with Crippen molar-refractivity contribution in [3.8, 4) is 0 Å². The van der Waals surface area contributed by atoms with E-state index >= 15 is 0 Å². The molecular weight excluding hydrogens is 262 g/mol. The van der Waals surface area contributed by atoms with Crippen LogP contribution in [0.4, 0.5) is 0 Å². The van der Waals surface area contributed by atoms with Gasteiger partial charge in [-0.15, -0.1) is 11.3 Å².